The first kappa shape index (κ1) is 16.6. The average molecular weight is 334 g/mol. The highest BCUT2D eigenvalue weighted by Gasteiger charge is 2.18. The van der Waals surface area contributed by atoms with Crippen LogP contribution in [0.3, 0.4) is 0 Å². The lowest BCUT2D eigenvalue weighted by molar-refractivity contribution is 0.313. The van der Waals surface area contributed by atoms with Crippen LogP contribution in [0.1, 0.15) is 39.2 Å². The van der Waals surface area contributed by atoms with Crippen LogP contribution in [0.15, 0.2) is 16.6 Å². The molecule has 0 saturated heterocycles. The molecule has 0 spiro atoms. The van der Waals surface area contributed by atoms with Gasteiger partial charge in [0.2, 0.25) is 0 Å². The predicted molar refractivity (Wildman–Crippen MR) is 79.3 cm³/mol. The van der Waals surface area contributed by atoms with E-state index in [-0.39, 0.29) is 15.7 Å². The summed E-state index contributed by atoms with van der Waals surface area (Å²) in [5.74, 6) is -0.746. The summed E-state index contributed by atoms with van der Waals surface area (Å²) in [4.78, 5) is 0. The third kappa shape index (κ3) is 5.57. The fourth-order valence-electron chi connectivity index (χ4n) is 1.92. The number of hydrogen-bond acceptors (Lipinski definition) is 1. The Balaban J connectivity index is 2.58. The molecule has 1 aromatic carbocycles. The quantitative estimate of drug-likeness (QED) is 0.564. The zero-order chi connectivity index (χ0) is 14.5. The third-order valence-corrected chi connectivity index (χ3v) is 3.80. The molecular formula is C15H22BrF2N. The standard InChI is InChI=1S/C15H22BrF2N/c1-4-7-19-10-15(2,3)6-5-11-8-14(18)12(16)9-13(11)17/h8-9,19H,4-7,10H2,1-3H3. The Morgan fingerprint density at radius 1 is 1.21 bits per heavy atom. The summed E-state index contributed by atoms with van der Waals surface area (Å²) in [7, 11) is 0. The Kier molecular flexibility index (Phi) is 6.40. The van der Waals surface area contributed by atoms with E-state index >= 15 is 0 Å². The highest BCUT2D eigenvalue weighted by atomic mass is 79.9. The van der Waals surface area contributed by atoms with Crippen LogP contribution in [0, 0.1) is 17.0 Å². The van der Waals surface area contributed by atoms with E-state index in [1.807, 2.05) is 0 Å². The van der Waals surface area contributed by atoms with Crippen molar-refractivity contribution in [3.05, 3.63) is 33.8 Å². The summed E-state index contributed by atoms with van der Waals surface area (Å²) >= 11 is 2.99. The van der Waals surface area contributed by atoms with Crippen LogP contribution in [0.2, 0.25) is 0 Å². The number of nitrogens with one attached hydrogen (secondary N) is 1. The van der Waals surface area contributed by atoms with Gasteiger partial charge in [-0.15, -0.1) is 0 Å². The minimum Gasteiger partial charge on any atom is -0.316 e. The molecule has 0 aliphatic carbocycles. The molecule has 0 atom stereocenters. The molecule has 108 valence electrons. The summed E-state index contributed by atoms with van der Waals surface area (Å²) in [6.45, 7) is 8.29. The van der Waals surface area contributed by atoms with Gasteiger partial charge >= 0.3 is 0 Å². The van der Waals surface area contributed by atoms with Crippen LogP contribution < -0.4 is 5.32 Å². The van der Waals surface area contributed by atoms with Crippen LogP contribution in [0.4, 0.5) is 8.78 Å². The van der Waals surface area contributed by atoms with Crippen molar-refractivity contribution < 1.29 is 8.78 Å². The highest BCUT2D eigenvalue weighted by molar-refractivity contribution is 9.10. The second-order valence-corrected chi connectivity index (χ2v) is 6.55. The van der Waals surface area contributed by atoms with E-state index in [1.54, 1.807) is 0 Å². The molecule has 1 aromatic rings. The highest BCUT2D eigenvalue weighted by Crippen LogP contribution is 2.25. The summed E-state index contributed by atoms with van der Waals surface area (Å²) in [6.07, 6.45) is 2.47. The molecule has 1 N–H and O–H groups in total. The van der Waals surface area contributed by atoms with E-state index in [4.69, 9.17) is 0 Å². The van der Waals surface area contributed by atoms with Crippen LogP contribution in [0.5, 0.6) is 0 Å². The molecule has 0 unspecified atom stereocenters. The van der Waals surface area contributed by atoms with E-state index in [9.17, 15) is 8.78 Å². The van der Waals surface area contributed by atoms with Crippen molar-refractivity contribution in [1.82, 2.24) is 5.32 Å². The number of aryl methyl sites for hydroxylation is 1. The maximum absolute atomic E-state index is 13.7. The van der Waals surface area contributed by atoms with Gasteiger partial charge in [-0.05, 0) is 64.8 Å². The largest absolute Gasteiger partial charge is 0.316 e. The van der Waals surface area contributed by atoms with Crippen molar-refractivity contribution in [1.29, 1.82) is 0 Å². The van der Waals surface area contributed by atoms with Gasteiger partial charge in [-0.25, -0.2) is 8.78 Å². The number of hydrogen-bond donors (Lipinski definition) is 1. The zero-order valence-electron chi connectivity index (χ0n) is 11.8. The van der Waals surface area contributed by atoms with Crippen LogP contribution in [-0.2, 0) is 6.42 Å². The molecule has 0 radical (unpaired) electrons. The maximum Gasteiger partial charge on any atom is 0.137 e. The first-order valence-electron chi connectivity index (χ1n) is 6.70. The molecule has 0 aliphatic heterocycles. The molecule has 0 aliphatic rings. The first-order chi connectivity index (χ1) is 8.85. The lowest BCUT2D eigenvalue weighted by Gasteiger charge is -2.25. The predicted octanol–water partition coefficient (Wildman–Crippen LogP) is 4.69. The molecule has 0 amide bonds. The fraction of sp³-hybridized carbons (Fsp3) is 0.600. The lowest BCUT2D eigenvalue weighted by atomic mass is 9.86. The Bertz CT molecular complexity index is 419. The maximum atomic E-state index is 13.7. The Hall–Kier alpha value is -0.480. The molecule has 1 nitrogen and oxygen atoms in total. The average Bonchev–Trinajstić information content (AvgIpc) is 2.32. The summed E-state index contributed by atoms with van der Waals surface area (Å²) < 4.78 is 27.3. The van der Waals surface area contributed by atoms with Gasteiger partial charge in [-0.1, -0.05) is 20.8 Å². The summed E-state index contributed by atoms with van der Waals surface area (Å²) in [5, 5.41) is 3.37. The molecule has 0 saturated carbocycles. The molecule has 19 heavy (non-hydrogen) atoms. The Labute approximate surface area is 122 Å². The topological polar surface area (TPSA) is 12.0 Å². The van der Waals surface area contributed by atoms with E-state index in [2.05, 4.69) is 42.0 Å². The number of halogens is 3. The second-order valence-electron chi connectivity index (χ2n) is 5.70. The smallest absolute Gasteiger partial charge is 0.137 e. The van der Waals surface area contributed by atoms with Gasteiger partial charge in [0.1, 0.15) is 11.6 Å². The van der Waals surface area contributed by atoms with E-state index in [0.717, 1.165) is 25.9 Å². The van der Waals surface area contributed by atoms with Crippen molar-refractivity contribution >= 4 is 15.9 Å². The van der Waals surface area contributed by atoms with Gasteiger partial charge in [-0.3, -0.25) is 0 Å². The van der Waals surface area contributed by atoms with Gasteiger partial charge in [0.15, 0.2) is 0 Å². The summed E-state index contributed by atoms with van der Waals surface area (Å²) in [5.41, 5.74) is 0.523. The fourth-order valence-corrected chi connectivity index (χ4v) is 2.24. The van der Waals surface area contributed by atoms with Crippen molar-refractivity contribution in [2.45, 2.75) is 40.0 Å². The van der Waals surface area contributed by atoms with Crippen molar-refractivity contribution in [2.75, 3.05) is 13.1 Å². The van der Waals surface area contributed by atoms with E-state index in [0.29, 0.717) is 12.0 Å². The van der Waals surface area contributed by atoms with Gasteiger partial charge in [0, 0.05) is 6.54 Å². The zero-order valence-corrected chi connectivity index (χ0v) is 13.4. The number of rotatable bonds is 7. The Morgan fingerprint density at radius 3 is 2.53 bits per heavy atom. The van der Waals surface area contributed by atoms with Crippen molar-refractivity contribution in [2.24, 2.45) is 5.41 Å². The molecule has 4 heteroatoms. The van der Waals surface area contributed by atoms with Gasteiger partial charge in [0.25, 0.3) is 0 Å². The lowest BCUT2D eigenvalue weighted by Crippen LogP contribution is -2.30. The van der Waals surface area contributed by atoms with Gasteiger partial charge in [0.05, 0.1) is 4.47 Å². The van der Waals surface area contributed by atoms with Crippen molar-refractivity contribution in [3.8, 4) is 0 Å². The van der Waals surface area contributed by atoms with E-state index < -0.39 is 5.82 Å². The third-order valence-electron chi connectivity index (χ3n) is 3.19. The molecular weight excluding hydrogens is 312 g/mol. The van der Waals surface area contributed by atoms with E-state index in [1.165, 1.54) is 12.1 Å². The molecule has 0 bridgehead atoms. The molecule has 1 rings (SSSR count). The number of benzene rings is 1. The first-order valence-corrected chi connectivity index (χ1v) is 7.49. The molecule has 0 aromatic heterocycles. The van der Waals surface area contributed by atoms with Crippen LogP contribution in [-0.4, -0.2) is 13.1 Å². The SMILES string of the molecule is CCCNCC(C)(C)CCc1cc(F)c(Br)cc1F. The van der Waals surface area contributed by atoms with Gasteiger partial charge in [-0.2, -0.15) is 0 Å². The minimum absolute atomic E-state index is 0.0746. The summed E-state index contributed by atoms with van der Waals surface area (Å²) in [6, 6.07) is 2.49. The van der Waals surface area contributed by atoms with Gasteiger partial charge < -0.3 is 5.32 Å². The van der Waals surface area contributed by atoms with Crippen LogP contribution >= 0.6 is 15.9 Å². The minimum atomic E-state index is -0.404. The van der Waals surface area contributed by atoms with Crippen LogP contribution in [0.25, 0.3) is 0 Å². The second kappa shape index (κ2) is 7.34. The molecule has 0 heterocycles. The van der Waals surface area contributed by atoms with Crippen molar-refractivity contribution in [3.63, 3.8) is 0 Å². The molecule has 0 fully saturated rings. The normalized spacial score (nSPS) is 11.9. The Morgan fingerprint density at radius 2 is 1.89 bits per heavy atom. The monoisotopic (exact) mass is 333 g/mol.